The maximum atomic E-state index is 6.76. The first-order chi connectivity index (χ1) is 16.5. The molecule has 0 radical (unpaired) electrons. The topological polar surface area (TPSA) is 21.6 Å². The van der Waals surface area contributed by atoms with Gasteiger partial charge in [0.1, 0.15) is 6.61 Å². The van der Waals surface area contributed by atoms with Crippen LogP contribution in [-0.2, 0) is 23.0 Å². The van der Waals surface area contributed by atoms with E-state index in [1.807, 2.05) is 0 Å². The van der Waals surface area contributed by atoms with Gasteiger partial charge in [0.25, 0.3) is 0 Å². The van der Waals surface area contributed by atoms with Crippen LogP contribution in [0.1, 0.15) is 36.5 Å². The van der Waals surface area contributed by atoms with Gasteiger partial charge >= 0.3 is 0 Å². The Morgan fingerprint density at radius 2 is 1.56 bits per heavy atom. The molecule has 2 nitrogen and oxygen atoms in total. The van der Waals surface area contributed by atoms with E-state index in [-0.39, 0.29) is 17.1 Å². The third kappa shape index (κ3) is 3.36. The maximum absolute atomic E-state index is 6.76. The number of ether oxygens (including phenoxy) is 1. The molecule has 3 aliphatic heterocycles. The second-order valence-electron chi connectivity index (χ2n) is 10.2. The Labute approximate surface area is 207 Å². The third-order valence-corrected chi connectivity index (χ3v) is 13.6. The first kappa shape index (κ1) is 22.0. The molecular weight excluding hydrogens is 453 g/mol. The van der Waals surface area contributed by atoms with E-state index in [1.165, 1.54) is 27.6 Å². The van der Waals surface area contributed by atoms with Gasteiger partial charge in [-0.1, -0.05) is 115 Å². The Morgan fingerprint density at radius 1 is 0.941 bits per heavy atom. The first-order valence-corrected chi connectivity index (χ1v) is 15.2. The van der Waals surface area contributed by atoms with Crippen LogP contribution in [0.25, 0.3) is 5.31 Å². The van der Waals surface area contributed by atoms with Gasteiger partial charge in [-0.3, -0.25) is 0 Å². The minimum Gasteiger partial charge on any atom is -0.478 e. The molecule has 3 aromatic carbocycles. The van der Waals surface area contributed by atoms with Crippen molar-refractivity contribution in [3.63, 3.8) is 0 Å². The zero-order valence-electron chi connectivity index (χ0n) is 19.7. The van der Waals surface area contributed by atoms with Crippen molar-refractivity contribution in [1.29, 1.82) is 0 Å². The molecule has 34 heavy (non-hydrogen) atoms. The fraction of sp³-hybridized carbons (Fsp3) is 0.300. The van der Waals surface area contributed by atoms with Crippen molar-refractivity contribution in [1.82, 2.24) is 0 Å². The molecule has 0 aliphatic carbocycles. The molecular formula is C30H30NOPS. The molecule has 0 N–H and O–H groups in total. The van der Waals surface area contributed by atoms with Gasteiger partial charge in [0.05, 0.1) is 11.7 Å². The van der Waals surface area contributed by atoms with Crippen LogP contribution in [0.2, 0.25) is 0 Å². The molecule has 6 rings (SSSR count). The second kappa shape index (κ2) is 8.33. The lowest BCUT2D eigenvalue weighted by atomic mass is 9.68. The molecule has 3 aromatic rings. The lowest BCUT2D eigenvalue weighted by molar-refractivity contribution is 0.298. The highest BCUT2D eigenvalue weighted by Crippen LogP contribution is 2.83. The molecule has 0 saturated carbocycles. The SMILES string of the molecule is CC1=C(c2ccccc2)[P@@]2(=S)C[C@@]1(C)[C@H](c1ccccc1)[C@@H]2C1=NC(Cc2ccccc2)CO1. The molecule has 3 aliphatic rings. The van der Waals surface area contributed by atoms with E-state index in [2.05, 4.69) is 105 Å². The van der Waals surface area contributed by atoms with Crippen molar-refractivity contribution in [2.24, 2.45) is 10.4 Å². The number of hydrogen-bond acceptors (Lipinski definition) is 3. The average Bonchev–Trinajstić information content (AvgIpc) is 3.46. The predicted molar refractivity (Wildman–Crippen MR) is 147 cm³/mol. The number of rotatable bonds is 5. The summed E-state index contributed by atoms with van der Waals surface area (Å²) in [6.45, 7) is 5.42. The van der Waals surface area contributed by atoms with Gasteiger partial charge in [-0.15, -0.1) is 0 Å². The van der Waals surface area contributed by atoms with Crippen LogP contribution in [0.15, 0.2) is 102 Å². The van der Waals surface area contributed by atoms with Crippen LogP contribution in [0.5, 0.6) is 0 Å². The van der Waals surface area contributed by atoms with Crippen LogP contribution >= 0.6 is 6.04 Å². The monoisotopic (exact) mass is 483 g/mol. The van der Waals surface area contributed by atoms with E-state index in [1.54, 1.807) is 0 Å². The number of hydrogen-bond donors (Lipinski definition) is 0. The van der Waals surface area contributed by atoms with Crippen molar-refractivity contribution in [2.75, 3.05) is 12.8 Å². The summed E-state index contributed by atoms with van der Waals surface area (Å²) >= 11 is 6.76. The summed E-state index contributed by atoms with van der Waals surface area (Å²) in [4.78, 5) is 5.22. The molecule has 0 amide bonds. The van der Waals surface area contributed by atoms with Crippen LogP contribution in [0, 0.1) is 5.41 Å². The lowest BCUT2D eigenvalue weighted by Gasteiger charge is -2.39. The molecule has 0 aromatic heterocycles. The van der Waals surface area contributed by atoms with Crippen molar-refractivity contribution < 1.29 is 4.74 Å². The molecule has 1 fully saturated rings. The minimum absolute atomic E-state index is 0.0239. The van der Waals surface area contributed by atoms with Crippen LogP contribution in [-0.4, -0.2) is 30.4 Å². The highest BCUT2D eigenvalue weighted by molar-refractivity contribution is 8.20. The molecule has 1 saturated heterocycles. The molecule has 4 heteroatoms. The van der Waals surface area contributed by atoms with Crippen LogP contribution in [0.4, 0.5) is 0 Å². The summed E-state index contributed by atoms with van der Waals surface area (Å²) in [6.07, 6.45) is 1.97. The van der Waals surface area contributed by atoms with E-state index in [0.717, 1.165) is 18.5 Å². The highest BCUT2D eigenvalue weighted by Gasteiger charge is 2.64. The Kier molecular flexibility index (Phi) is 5.39. The maximum Gasteiger partial charge on any atom is 0.193 e. The summed E-state index contributed by atoms with van der Waals surface area (Å²) in [5.41, 5.74) is 5.63. The summed E-state index contributed by atoms with van der Waals surface area (Å²) in [7, 11) is 0. The molecule has 0 spiro atoms. The van der Waals surface area contributed by atoms with Crippen molar-refractivity contribution in [3.05, 3.63) is 113 Å². The van der Waals surface area contributed by atoms with E-state index in [4.69, 9.17) is 21.5 Å². The zero-order chi connectivity index (χ0) is 23.3. The summed E-state index contributed by atoms with van der Waals surface area (Å²) < 4.78 is 6.44. The van der Waals surface area contributed by atoms with Gasteiger partial charge in [0, 0.05) is 11.3 Å². The predicted octanol–water partition coefficient (Wildman–Crippen LogP) is 7.12. The normalized spacial score (nSPS) is 32.1. The Hall–Kier alpha value is -2.48. The standard InChI is InChI=1S/C30H30NOPS/c1-21-27(24-16-10-5-11-17-24)33(34)20-30(21,2)26(23-14-8-4-9-15-23)28(33)29-31-25(19-32-29)18-22-12-6-3-7-13-22/h3-17,25-26,28H,18-20H2,1-2H3/t25?,26-,28-,30-,33+/m1/s1. The fourth-order valence-electron chi connectivity index (χ4n) is 6.55. The summed E-state index contributed by atoms with van der Waals surface area (Å²) in [5, 5.41) is 1.43. The minimum atomic E-state index is -1.96. The van der Waals surface area contributed by atoms with Gasteiger partial charge in [-0.05, 0) is 47.5 Å². The number of benzene rings is 3. The lowest BCUT2D eigenvalue weighted by Crippen LogP contribution is -2.35. The quantitative estimate of drug-likeness (QED) is 0.360. The van der Waals surface area contributed by atoms with E-state index >= 15 is 0 Å². The van der Waals surface area contributed by atoms with Gasteiger partial charge in [-0.25, -0.2) is 4.99 Å². The molecule has 3 heterocycles. The van der Waals surface area contributed by atoms with Crippen molar-refractivity contribution >= 4 is 29.1 Å². The van der Waals surface area contributed by atoms with Crippen LogP contribution in [0.3, 0.4) is 0 Å². The molecule has 172 valence electrons. The van der Waals surface area contributed by atoms with Crippen molar-refractivity contribution in [3.8, 4) is 0 Å². The fourth-order valence-corrected chi connectivity index (χ4v) is 13.6. The first-order valence-electron chi connectivity index (χ1n) is 12.2. The molecule has 5 atom stereocenters. The third-order valence-electron chi connectivity index (χ3n) is 8.11. The summed E-state index contributed by atoms with van der Waals surface area (Å²) in [6, 6.07) is 30.6. The van der Waals surface area contributed by atoms with Crippen LogP contribution < -0.4 is 0 Å². The molecule has 1 unspecified atom stereocenters. The number of fused-ring (bicyclic) bond motifs is 2. The number of nitrogens with zero attached hydrogens (tertiary/aromatic N) is 1. The number of allylic oxidation sites excluding steroid dienone is 1. The average molecular weight is 484 g/mol. The van der Waals surface area contributed by atoms with Gasteiger partial charge in [0.2, 0.25) is 0 Å². The smallest absolute Gasteiger partial charge is 0.193 e. The Bertz CT molecular complexity index is 1320. The number of aliphatic imine (C=N–C) groups is 1. The van der Waals surface area contributed by atoms with Gasteiger partial charge in [-0.2, -0.15) is 0 Å². The largest absolute Gasteiger partial charge is 0.478 e. The van der Waals surface area contributed by atoms with E-state index < -0.39 is 6.04 Å². The van der Waals surface area contributed by atoms with Gasteiger partial charge in [0.15, 0.2) is 5.90 Å². The Balaban J connectivity index is 1.46. The van der Waals surface area contributed by atoms with Crippen molar-refractivity contribution in [2.45, 2.75) is 37.9 Å². The van der Waals surface area contributed by atoms with E-state index in [9.17, 15) is 0 Å². The van der Waals surface area contributed by atoms with Gasteiger partial charge < -0.3 is 4.74 Å². The second-order valence-corrected chi connectivity index (χ2v) is 15.0. The zero-order valence-corrected chi connectivity index (χ0v) is 21.4. The van der Waals surface area contributed by atoms with E-state index in [0.29, 0.717) is 12.5 Å². The highest BCUT2D eigenvalue weighted by atomic mass is 32.4. The molecule has 2 bridgehead atoms. The summed E-state index contributed by atoms with van der Waals surface area (Å²) in [5.74, 6) is 1.23. The Morgan fingerprint density at radius 3 is 2.24 bits per heavy atom.